The topological polar surface area (TPSA) is 54.7 Å². The van der Waals surface area contributed by atoms with Gasteiger partial charge >= 0.3 is 0 Å². The summed E-state index contributed by atoms with van der Waals surface area (Å²) in [5.74, 6) is 1.46. The molecule has 1 N–H and O–H groups in total. The summed E-state index contributed by atoms with van der Waals surface area (Å²) in [7, 11) is 1.97. The summed E-state index contributed by atoms with van der Waals surface area (Å²) in [6.07, 6.45) is 5.90. The van der Waals surface area contributed by atoms with Crippen molar-refractivity contribution in [1.29, 1.82) is 0 Å². The molecule has 0 atom stereocenters. The van der Waals surface area contributed by atoms with Crippen molar-refractivity contribution >= 4 is 23.1 Å². The van der Waals surface area contributed by atoms with Gasteiger partial charge in [-0.15, -0.1) is 0 Å². The van der Waals surface area contributed by atoms with Crippen molar-refractivity contribution in [3.8, 4) is 11.4 Å². The zero-order valence-corrected chi connectivity index (χ0v) is 18.2. The van der Waals surface area contributed by atoms with Crippen LogP contribution in [0.1, 0.15) is 30.0 Å². The van der Waals surface area contributed by atoms with Crippen molar-refractivity contribution in [2.24, 2.45) is 7.05 Å². The minimum absolute atomic E-state index is 0.597. The maximum Gasteiger partial charge on any atom is 0.199 e. The van der Waals surface area contributed by atoms with E-state index in [0.717, 1.165) is 48.8 Å². The summed E-state index contributed by atoms with van der Waals surface area (Å²) >= 11 is 5.65. The summed E-state index contributed by atoms with van der Waals surface area (Å²) in [6, 6.07) is 12.6. The normalized spacial score (nSPS) is 15.8. The minimum atomic E-state index is 0.597. The van der Waals surface area contributed by atoms with Crippen LogP contribution >= 0.6 is 12.2 Å². The molecule has 0 saturated carbocycles. The number of benzene rings is 1. The number of hydrogen-bond donors (Lipinski definition) is 1. The smallest absolute Gasteiger partial charge is 0.199 e. The molecule has 1 aliphatic rings. The summed E-state index contributed by atoms with van der Waals surface area (Å²) in [5, 5.41) is 6.16. The van der Waals surface area contributed by atoms with Crippen LogP contribution in [0.3, 0.4) is 0 Å². The number of aromatic amines is 1. The number of H-pyrrole nitrogens is 1. The molecule has 3 aromatic heterocycles. The van der Waals surface area contributed by atoms with Gasteiger partial charge in [-0.1, -0.05) is 18.2 Å². The first-order valence-corrected chi connectivity index (χ1v) is 10.9. The second-order valence-corrected chi connectivity index (χ2v) is 8.51. The van der Waals surface area contributed by atoms with E-state index >= 15 is 0 Å². The molecule has 0 bridgehead atoms. The minimum Gasteiger partial charge on any atom is -0.358 e. The predicted molar refractivity (Wildman–Crippen MR) is 122 cm³/mol. The third-order valence-corrected chi connectivity index (χ3v) is 6.72. The highest BCUT2D eigenvalue weighted by Gasteiger charge is 2.25. The van der Waals surface area contributed by atoms with Crippen molar-refractivity contribution < 1.29 is 0 Å². The fourth-order valence-electron chi connectivity index (χ4n) is 4.70. The van der Waals surface area contributed by atoms with Crippen LogP contribution in [0.2, 0.25) is 0 Å². The molecule has 0 spiro atoms. The maximum atomic E-state index is 5.65. The van der Waals surface area contributed by atoms with Crippen LogP contribution in [0.15, 0.2) is 48.8 Å². The molecule has 7 heteroatoms. The molecule has 0 aliphatic carbocycles. The van der Waals surface area contributed by atoms with Crippen molar-refractivity contribution in [3.05, 3.63) is 64.8 Å². The monoisotopic (exact) mass is 418 g/mol. The highest BCUT2D eigenvalue weighted by molar-refractivity contribution is 7.71. The Kier molecular flexibility index (Phi) is 5.00. The Hall–Kier alpha value is -2.77. The lowest BCUT2D eigenvalue weighted by molar-refractivity contribution is 0.160. The Morgan fingerprint density at radius 2 is 1.93 bits per heavy atom. The average molecular weight is 419 g/mol. The molecular formula is C23H26N6S. The molecular weight excluding hydrogens is 392 g/mol. The molecule has 30 heavy (non-hydrogen) atoms. The highest BCUT2D eigenvalue weighted by Crippen LogP contribution is 2.35. The zero-order chi connectivity index (χ0) is 20.7. The summed E-state index contributed by atoms with van der Waals surface area (Å²) in [5.41, 5.74) is 5.04. The predicted octanol–water partition coefficient (Wildman–Crippen LogP) is 4.64. The van der Waals surface area contributed by atoms with Gasteiger partial charge in [-0.25, -0.2) is 4.68 Å². The van der Waals surface area contributed by atoms with Gasteiger partial charge in [0.1, 0.15) is 0 Å². The number of aryl methyl sites for hydroxylation is 1. The summed E-state index contributed by atoms with van der Waals surface area (Å²) in [6.45, 7) is 5.02. The number of hydrogen-bond acceptors (Lipinski definition) is 4. The molecule has 1 fully saturated rings. The van der Waals surface area contributed by atoms with Gasteiger partial charge in [0.15, 0.2) is 10.6 Å². The SMILES string of the molecule is Cc1[nH]c2ccccc2c1C1CCN(Cn2nc(-c3cccnc3)n(C)c2=S)CC1. The fraction of sp³-hybridized carbons (Fsp3) is 0.348. The standard InChI is InChI=1S/C23H26N6S/c1-16-21(19-7-3-4-8-20(19)25-16)17-9-12-28(13-10-17)15-29-23(30)27(2)22(26-29)18-6-5-11-24-14-18/h3-8,11,14,17,25H,9-10,12-13,15H2,1-2H3. The molecule has 1 aromatic carbocycles. The van der Waals surface area contributed by atoms with Crippen LogP contribution in [-0.2, 0) is 13.7 Å². The third kappa shape index (κ3) is 3.38. The first-order valence-electron chi connectivity index (χ1n) is 10.5. The second kappa shape index (κ2) is 7.81. The number of fused-ring (bicyclic) bond motifs is 1. The largest absolute Gasteiger partial charge is 0.358 e. The molecule has 4 heterocycles. The number of rotatable bonds is 4. The molecule has 0 unspecified atom stereocenters. The molecule has 154 valence electrons. The second-order valence-electron chi connectivity index (χ2n) is 8.15. The Labute approximate surface area is 181 Å². The highest BCUT2D eigenvalue weighted by atomic mass is 32.1. The molecule has 0 radical (unpaired) electrons. The number of likely N-dealkylation sites (tertiary alicyclic amines) is 1. The number of nitrogens with one attached hydrogen (secondary N) is 1. The van der Waals surface area contributed by atoms with Crippen LogP contribution < -0.4 is 0 Å². The van der Waals surface area contributed by atoms with Crippen LogP contribution in [0.5, 0.6) is 0 Å². The van der Waals surface area contributed by atoms with E-state index in [-0.39, 0.29) is 0 Å². The molecule has 4 aromatic rings. The van der Waals surface area contributed by atoms with Gasteiger partial charge in [0.2, 0.25) is 0 Å². The van der Waals surface area contributed by atoms with Gasteiger partial charge in [-0.05, 0) is 61.7 Å². The van der Waals surface area contributed by atoms with E-state index < -0.39 is 0 Å². The van der Waals surface area contributed by atoms with E-state index in [1.165, 1.54) is 22.2 Å². The lowest BCUT2D eigenvalue weighted by Gasteiger charge is -2.32. The van der Waals surface area contributed by atoms with Crippen LogP contribution in [-0.4, -0.2) is 42.3 Å². The average Bonchev–Trinajstić information content (AvgIpc) is 3.26. The Morgan fingerprint density at radius 1 is 1.13 bits per heavy atom. The molecule has 1 aliphatic heterocycles. The van der Waals surface area contributed by atoms with Crippen molar-refractivity contribution in [2.45, 2.75) is 32.4 Å². The van der Waals surface area contributed by atoms with Gasteiger partial charge in [-0.2, -0.15) is 5.10 Å². The first-order chi connectivity index (χ1) is 14.6. The summed E-state index contributed by atoms with van der Waals surface area (Å²) in [4.78, 5) is 10.2. The van der Waals surface area contributed by atoms with Gasteiger partial charge in [0.25, 0.3) is 0 Å². The fourth-order valence-corrected chi connectivity index (χ4v) is 4.89. The van der Waals surface area contributed by atoms with Crippen LogP contribution in [0.4, 0.5) is 0 Å². The van der Waals surface area contributed by atoms with E-state index in [1.54, 1.807) is 6.20 Å². The summed E-state index contributed by atoms with van der Waals surface area (Å²) < 4.78 is 4.65. The zero-order valence-electron chi connectivity index (χ0n) is 17.4. The number of nitrogens with zero attached hydrogens (tertiary/aromatic N) is 5. The number of pyridine rings is 1. The van der Waals surface area contributed by atoms with Gasteiger partial charge < -0.3 is 9.55 Å². The number of piperidine rings is 1. The van der Waals surface area contributed by atoms with E-state index in [1.807, 2.05) is 34.6 Å². The molecule has 6 nitrogen and oxygen atoms in total. The molecule has 5 rings (SSSR count). The maximum absolute atomic E-state index is 5.65. The Morgan fingerprint density at radius 3 is 2.70 bits per heavy atom. The van der Waals surface area contributed by atoms with E-state index in [0.29, 0.717) is 5.92 Å². The number of aromatic nitrogens is 5. The van der Waals surface area contributed by atoms with Gasteiger partial charge in [0, 0.05) is 54.7 Å². The Bertz CT molecular complexity index is 1230. The van der Waals surface area contributed by atoms with Crippen molar-refractivity contribution in [1.82, 2.24) is 29.2 Å². The molecule has 1 saturated heterocycles. The molecule has 0 amide bonds. The van der Waals surface area contributed by atoms with Crippen molar-refractivity contribution in [3.63, 3.8) is 0 Å². The first kappa shape index (κ1) is 19.2. The van der Waals surface area contributed by atoms with E-state index in [9.17, 15) is 0 Å². The lowest BCUT2D eigenvalue weighted by Crippen LogP contribution is -2.35. The van der Waals surface area contributed by atoms with Crippen LogP contribution in [0.25, 0.3) is 22.3 Å². The third-order valence-electron chi connectivity index (χ3n) is 6.23. The van der Waals surface area contributed by atoms with Crippen LogP contribution in [0, 0.1) is 11.7 Å². The Balaban J connectivity index is 1.31. The quantitative estimate of drug-likeness (QED) is 0.491. The lowest BCUT2D eigenvalue weighted by atomic mass is 9.87. The van der Waals surface area contributed by atoms with E-state index in [2.05, 4.69) is 46.1 Å². The van der Waals surface area contributed by atoms with Gasteiger partial charge in [-0.3, -0.25) is 9.88 Å². The van der Waals surface area contributed by atoms with Crippen molar-refractivity contribution in [2.75, 3.05) is 13.1 Å². The van der Waals surface area contributed by atoms with E-state index in [4.69, 9.17) is 17.3 Å². The van der Waals surface area contributed by atoms with Gasteiger partial charge in [0.05, 0.1) is 6.67 Å². The number of para-hydroxylation sites is 1.